The molecular weight excluding hydrogens is 390 g/mol. The van der Waals surface area contributed by atoms with E-state index in [4.69, 9.17) is 23.2 Å². The van der Waals surface area contributed by atoms with Gasteiger partial charge in [-0.3, -0.25) is 9.59 Å². The van der Waals surface area contributed by atoms with Crippen LogP contribution >= 0.6 is 23.2 Å². The van der Waals surface area contributed by atoms with E-state index in [0.717, 1.165) is 0 Å². The fourth-order valence-electron chi connectivity index (χ4n) is 2.63. The van der Waals surface area contributed by atoms with Crippen molar-refractivity contribution in [3.8, 4) is 0 Å². The highest BCUT2D eigenvalue weighted by Gasteiger charge is 2.27. The van der Waals surface area contributed by atoms with E-state index in [1.807, 2.05) is 0 Å². The zero-order valence-corrected chi connectivity index (χ0v) is 16.7. The first-order valence-corrected chi connectivity index (χ1v) is 9.27. The lowest BCUT2D eigenvalue weighted by Gasteiger charge is -2.24. The lowest BCUT2D eigenvalue weighted by atomic mass is 10.0. The van der Waals surface area contributed by atoms with Crippen molar-refractivity contribution < 1.29 is 14.0 Å². The molecule has 2 rings (SSSR count). The third kappa shape index (κ3) is 5.44. The lowest BCUT2D eigenvalue weighted by Crippen LogP contribution is -2.50. The van der Waals surface area contributed by atoms with Gasteiger partial charge in [0.25, 0.3) is 5.91 Å². The minimum absolute atomic E-state index is 0.107. The predicted octanol–water partition coefficient (Wildman–Crippen LogP) is 4.76. The smallest absolute Gasteiger partial charge is 0.254 e. The molecule has 27 heavy (non-hydrogen) atoms. The number of halogens is 3. The highest BCUT2D eigenvalue weighted by atomic mass is 35.5. The first-order chi connectivity index (χ1) is 12.7. The predicted molar refractivity (Wildman–Crippen MR) is 106 cm³/mol. The molecule has 0 aliphatic carbocycles. The van der Waals surface area contributed by atoms with Crippen LogP contribution in [0.3, 0.4) is 0 Å². The highest BCUT2D eigenvalue weighted by Crippen LogP contribution is 2.26. The molecule has 144 valence electrons. The second-order valence-electron chi connectivity index (χ2n) is 6.57. The number of hydrogen-bond donors (Lipinski definition) is 2. The Bertz CT molecular complexity index is 842. The fourth-order valence-corrected chi connectivity index (χ4v) is 3.21. The van der Waals surface area contributed by atoms with Crippen molar-refractivity contribution in [2.24, 2.45) is 5.92 Å². The molecule has 0 heterocycles. The van der Waals surface area contributed by atoms with Crippen LogP contribution in [0.15, 0.2) is 42.5 Å². The number of nitrogens with one attached hydrogen (secondary N) is 2. The van der Waals surface area contributed by atoms with Crippen LogP contribution in [-0.2, 0) is 4.79 Å². The van der Waals surface area contributed by atoms with E-state index in [-0.39, 0.29) is 17.4 Å². The molecule has 0 aliphatic heterocycles. The maximum Gasteiger partial charge on any atom is 0.254 e. The fraction of sp³-hybridized carbons (Fsp3) is 0.300. The Morgan fingerprint density at radius 2 is 1.67 bits per heavy atom. The Hall–Kier alpha value is -2.11. The summed E-state index contributed by atoms with van der Waals surface area (Å²) in [5.41, 5.74) is 0.599. The Balaban J connectivity index is 2.12. The van der Waals surface area contributed by atoms with Crippen LogP contribution in [0.25, 0.3) is 0 Å². The maximum atomic E-state index is 13.8. The number of carbonyl (C=O) groups is 2. The summed E-state index contributed by atoms with van der Waals surface area (Å²) < 4.78 is 13.8. The number of amides is 2. The van der Waals surface area contributed by atoms with Gasteiger partial charge in [-0.2, -0.15) is 0 Å². The zero-order chi connectivity index (χ0) is 20.1. The third-order valence-electron chi connectivity index (χ3n) is 4.14. The van der Waals surface area contributed by atoms with E-state index in [9.17, 15) is 14.0 Å². The van der Waals surface area contributed by atoms with Gasteiger partial charge in [-0.15, -0.1) is 0 Å². The average Bonchev–Trinajstić information content (AvgIpc) is 2.59. The summed E-state index contributed by atoms with van der Waals surface area (Å²) in [6, 6.07) is 9.42. The summed E-state index contributed by atoms with van der Waals surface area (Å²) in [6.45, 7) is 5.38. The van der Waals surface area contributed by atoms with Crippen molar-refractivity contribution in [2.75, 3.05) is 0 Å². The number of rotatable bonds is 6. The molecule has 0 saturated carbocycles. The monoisotopic (exact) mass is 410 g/mol. The van der Waals surface area contributed by atoms with E-state index in [2.05, 4.69) is 10.6 Å². The summed E-state index contributed by atoms with van der Waals surface area (Å²) in [7, 11) is 0. The van der Waals surface area contributed by atoms with Crippen LogP contribution < -0.4 is 10.6 Å². The van der Waals surface area contributed by atoms with Crippen LogP contribution in [0.4, 0.5) is 4.39 Å². The molecule has 0 fully saturated rings. The van der Waals surface area contributed by atoms with Gasteiger partial charge in [-0.25, -0.2) is 4.39 Å². The van der Waals surface area contributed by atoms with E-state index in [1.54, 1.807) is 45.0 Å². The van der Waals surface area contributed by atoms with Gasteiger partial charge in [0.1, 0.15) is 11.9 Å². The first-order valence-electron chi connectivity index (χ1n) is 8.51. The van der Waals surface area contributed by atoms with Gasteiger partial charge in [0.2, 0.25) is 5.91 Å². The Morgan fingerprint density at radius 1 is 1.00 bits per heavy atom. The van der Waals surface area contributed by atoms with Crippen LogP contribution in [0, 0.1) is 11.7 Å². The normalized spacial score (nSPS) is 13.1. The van der Waals surface area contributed by atoms with E-state index >= 15 is 0 Å². The molecular formula is C20H21Cl2FN2O2. The second kappa shape index (κ2) is 9.20. The van der Waals surface area contributed by atoms with Crippen LogP contribution in [-0.4, -0.2) is 17.9 Å². The van der Waals surface area contributed by atoms with Crippen LogP contribution in [0.2, 0.25) is 10.0 Å². The van der Waals surface area contributed by atoms with Crippen molar-refractivity contribution in [1.29, 1.82) is 0 Å². The number of carbonyl (C=O) groups excluding carboxylic acids is 2. The molecule has 0 spiro atoms. The SMILES string of the molecule is CC(NC(=O)[C@@H](NC(=O)c1ccccc1F)C(C)C)c1ccc(Cl)cc1Cl. The Labute approximate surface area is 168 Å². The summed E-state index contributed by atoms with van der Waals surface area (Å²) in [5.74, 6) is -1.86. The molecule has 2 aromatic rings. The van der Waals surface area contributed by atoms with Gasteiger partial charge in [-0.05, 0) is 42.7 Å². The van der Waals surface area contributed by atoms with Gasteiger partial charge in [0, 0.05) is 10.0 Å². The summed E-state index contributed by atoms with van der Waals surface area (Å²) in [5, 5.41) is 6.38. The summed E-state index contributed by atoms with van der Waals surface area (Å²) in [4.78, 5) is 25.1. The molecule has 0 saturated heterocycles. The molecule has 1 unspecified atom stereocenters. The van der Waals surface area contributed by atoms with Gasteiger partial charge in [0.05, 0.1) is 11.6 Å². The van der Waals surface area contributed by atoms with E-state index in [1.165, 1.54) is 18.2 Å². The quantitative estimate of drug-likeness (QED) is 0.720. The highest BCUT2D eigenvalue weighted by molar-refractivity contribution is 6.35. The minimum atomic E-state index is -0.828. The minimum Gasteiger partial charge on any atom is -0.348 e. The lowest BCUT2D eigenvalue weighted by molar-refractivity contribution is -0.124. The van der Waals surface area contributed by atoms with Crippen molar-refractivity contribution in [3.05, 3.63) is 69.5 Å². The first kappa shape index (κ1) is 21.2. The van der Waals surface area contributed by atoms with Crippen molar-refractivity contribution >= 4 is 35.0 Å². The van der Waals surface area contributed by atoms with Gasteiger partial charge < -0.3 is 10.6 Å². The molecule has 0 aromatic heterocycles. The van der Waals surface area contributed by atoms with Crippen molar-refractivity contribution in [1.82, 2.24) is 10.6 Å². The summed E-state index contributed by atoms with van der Waals surface area (Å²) in [6.07, 6.45) is 0. The molecule has 4 nitrogen and oxygen atoms in total. The van der Waals surface area contributed by atoms with Gasteiger partial charge in [0.15, 0.2) is 0 Å². The van der Waals surface area contributed by atoms with Crippen molar-refractivity contribution in [2.45, 2.75) is 32.9 Å². The van der Waals surface area contributed by atoms with Crippen molar-refractivity contribution in [3.63, 3.8) is 0 Å². The number of hydrogen-bond acceptors (Lipinski definition) is 2. The Morgan fingerprint density at radius 3 is 2.26 bits per heavy atom. The number of benzene rings is 2. The van der Waals surface area contributed by atoms with E-state index < -0.39 is 23.8 Å². The van der Waals surface area contributed by atoms with Crippen LogP contribution in [0.5, 0.6) is 0 Å². The van der Waals surface area contributed by atoms with Crippen LogP contribution in [0.1, 0.15) is 42.7 Å². The third-order valence-corrected chi connectivity index (χ3v) is 4.70. The molecule has 2 amide bonds. The zero-order valence-electron chi connectivity index (χ0n) is 15.2. The molecule has 7 heteroatoms. The van der Waals surface area contributed by atoms with Gasteiger partial charge >= 0.3 is 0 Å². The molecule has 2 atom stereocenters. The van der Waals surface area contributed by atoms with Gasteiger partial charge in [-0.1, -0.05) is 55.2 Å². The summed E-state index contributed by atoms with van der Waals surface area (Å²) >= 11 is 12.1. The largest absolute Gasteiger partial charge is 0.348 e. The molecule has 2 N–H and O–H groups in total. The molecule has 0 bridgehead atoms. The molecule has 0 aliphatic rings. The molecule has 0 radical (unpaired) electrons. The second-order valence-corrected chi connectivity index (χ2v) is 7.41. The standard InChI is InChI=1S/C20H21Cl2FN2O2/c1-11(2)18(25-19(26)15-6-4-5-7-17(15)23)20(27)24-12(3)14-9-8-13(21)10-16(14)22/h4-12,18H,1-3H3,(H,24,27)(H,25,26)/t12?,18-/m0/s1. The maximum absolute atomic E-state index is 13.8. The Kier molecular flexibility index (Phi) is 7.22. The molecule has 2 aromatic carbocycles. The average molecular weight is 411 g/mol. The van der Waals surface area contributed by atoms with E-state index in [0.29, 0.717) is 15.6 Å². The topological polar surface area (TPSA) is 58.2 Å².